The molecule has 4 nitrogen and oxygen atoms in total. The van der Waals surface area contributed by atoms with E-state index in [2.05, 4.69) is 22.0 Å². The first-order valence-electron chi connectivity index (χ1n) is 5.39. The van der Waals surface area contributed by atoms with Gasteiger partial charge in [-0.1, -0.05) is 41.3 Å². The number of hydrogen-bond acceptors (Lipinski definition) is 5. The molecule has 0 saturated carbocycles. The first-order valence-corrected chi connectivity index (χ1v) is 6.38. The van der Waals surface area contributed by atoms with Crippen LogP contribution in [0.1, 0.15) is 5.56 Å². The molecule has 0 unspecified atom stereocenters. The summed E-state index contributed by atoms with van der Waals surface area (Å²) >= 11 is 1.36. The predicted molar refractivity (Wildman–Crippen MR) is 70.1 cm³/mol. The molecule has 0 aliphatic heterocycles. The Morgan fingerprint density at radius 1 is 1.33 bits per heavy atom. The van der Waals surface area contributed by atoms with Crippen molar-refractivity contribution >= 4 is 11.8 Å². The van der Waals surface area contributed by atoms with Crippen LogP contribution in [0.25, 0.3) is 11.5 Å². The molecule has 0 bridgehead atoms. The van der Waals surface area contributed by atoms with Gasteiger partial charge < -0.3 is 9.52 Å². The van der Waals surface area contributed by atoms with Crippen LogP contribution < -0.4 is 0 Å². The van der Waals surface area contributed by atoms with Gasteiger partial charge in [-0.2, -0.15) is 0 Å². The van der Waals surface area contributed by atoms with E-state index >= 15 is 0 Å². The molecular formula is C13H12N2O2S. The lowest BCUT2D eigenvalue weighted by molar-refractivity contribution is 0.350. The highest BCUT2D eigenvalue weighted by Gasteiger charge is 2.08. The van der Waals surface area contributed by atoms with Crippen molar-refractivity contribution in [3.05, 3.63) is 29.8 Å². The summed E-state index contributed by atoms with van der Waals surface area (Å²) in [5.41, 5.74) is 2.06. The quantitative estimate of drug-likeness (QED) is 0.676. The third-order valence-corrected chi connectivity index (χ3v) is 2.84. The van der Waals surface area contributed by atoms with Crippen molar-refractivity contribution in [3.8, 4) is 23.3 Å². The van der Waals surface area contributed by atoms with Gasteiger partial charge in [-0.15, -0.1) is 10.2 Å². The van der Waals surface area contributed by atoms with Crippen molar-refractivity contribution < 1.29 is 9.52 Å². The largest absolute Gasteiger partial charge is 0.411 e. The lowest BCUT2D eigenvalue weighted by Gasteiger charge is -1.95. The van der Waals surface area contributed by atoms with E-state index in [1.54, 1.807) is 0 Å². The molecule has 0 saturated heterocycles. The third-order valence-electron chi connectivity index (χ3n) is 2.14. The van der Waals surface area contributed by atoms with Crippen molar-refractivity contribution in [1.29, 1.82) is 0 Å². The maximum absolute atomic E-state index is 8.51. The molecule has 0 radical (unpaired) electrons. The van der Waals surface area contributed by atoms with Crippen LogP contribution in [-0.2, 0) is 0 Å². The average molecular weight is 260 g/mol. The SMILES string of the molecule is Cc1cccc(-c2nnc(SCC#CCO)o2)c1. The van der Waals surface area contributed by atoms with Gasteiger partial charge >= 0.3 is 0 Å². The van der Waals surface area contributed by atoms with Crippen LogP contribution in [0.2, 0.25) is 0 Å². The minimum absolute atomic E-state index is 0.126. The Morgan fingerprint density at radius 2 is 2.22 bits per heavy atom. The van der Waals surface area contributed by atoms with Gasteiger partial charge in [-0.05, 0) is 19.1 Å². The van der Waals surface area contributed by atoms with Crippen LogP contribution in [0.15, 0.2) is 33.9 Å². The molecule has 0 amide bonds. The first-order chi connectivity index (χ1) is 8.79. The second-order valence-corrected chi connectivity index (χ2v) is 4.47. The number of rotatable bonds is 3. The number of aryl methyl sites for hydroxylation is 1. The molecule has 0 atom stereocenters. The summed E-state index contributed by atoms with van der Waals surface area (Å²) < 4.78 is 5.52. The predicted octanol–water partition coefficient (Wildman–Crippen LogP) is 2.13. The Hall–Kier alpha value is -1.77. The zero-order valence-corrected chi connectivity index (χ0v) is 10.7. The van der Waals surface area contributed by atoms with E-state index in [-0.39, 0.29) is 6.61 Å². The molecule has 5 heteroatoms. The number of aromatic nitrogens is 2. The van der Waals surface area contributed by atoms with E-state index in [9.17, 15) is 0 Å². The van der Waals surface area contributed by atoms with Gasteiger partial charge in [0.1, 0.15) is 6.61 Å². The number of benzene rings is 1. The molecule has 1 heterocycles. The summed E-state index contributed by atoms with van der Waals surface area (Å²) in [5.74, 6) is 6.37. The lowest BCUT2D eigenvalue weighted by atomic mass is 10.1. The lowest BCUT2D eigenvalue weighted by Crippen LogP contribution is -1.78. The molecule has 2 rings (SSSR count). The summed E-state index contributed by atoms with van der Waals surface area (Å²) in [5, 5.41) is 16.9. The number of aliphatic hydroxyl groups is 1. The zero-order chi connectivity index (χ0) is 12.8. The first kappa shape index (κ1) is 12.7. The highest BCUT2D eigenvalue weighted by Crippen LogP contribution is 2.23. The van der Waals surface area contributed by atoms with E-state index in [0.717, 1.165) is 11.1 Å². The fourth-order valence-corrected chi connectivity index (χ4v) is 1.90. The fraction of sp³-hybridized carbons (Fsp3) is 0.231. The van der Waals surface area contributed by atoms with Crippen molar-refractivity contribution in [3.63, 3.8) is 0 Å². The maximum atomic E-state index is 8.51. The van der Waals surface area contributed by atoms with E-state index < -0.39 is 0 Å². The van der Waals surface area contributed by atoms with Gasteiger partial charge in [0.2, 0.25) is 5.89 Å². The van der Waals surface area contributed by atoms with E-state index in [1.165, 1.54) is 11.8 Å². The van der Waals surface area contributed by atoms with Crippen molar-refractivity contribution in [2.45, 2.75) is 12.1 Å². The Labute approximate surface area is 109 Å². The number of hydrogen-bond donors (Lipinski definition) is 1. The fourth-order valence-electron chi connectivity index (χ4n) is 1.37. The summed E-state index contributed by atoms with van der Waals surface area (Å²) in [4.78, 5) is 0. The van der Waals surface area contributed by atoms with Gasteiger partial charge in [0, 0.05) is 5.56 Å². The highest BCUT2D eigenvalue weighted by molar-refractivity contribution is 7.99. The van der Waals surface area contributed by atoms with Crippen LogP contribution in [0.4, 0.5) is 0 Å². The molecule has 1 aromatic carbocycles. The number of thioether (sulfide) groups is 1. The van der Waals surface area contributed by atoms with Crippen LogP contribution in [0.3, 0.4) is 0 Å². The topological polar surface area (TPSA) is 59.2 Å². The maximum Gasteiger partial charge on any atom is 0.277 e. The van der Waals surface area contributed by atoms with Gasteiger partial charge in [0.05, 0.1) is 5.75 Å². The Kier molecular flexibility index (Phi) is 4.40. The average Bonchev–Trinajstić information content (AvgIpc) is 2.83. The highest BCUT2D eigenvalue weighted by atomic mass is 32.2. The van der Waals surface area contributed by atoms with Crippen molar-refractivity contribution in [2.24, 2.45) is 0 Å². The second-order valence-electron chi connectivity index (χ2n) is 3.54. The van der Waals surface area contributed by atoms with E-state index in [4.69, 9.17) is 9.52 Å². The van der Waals surface area contributed by atoms with Gasteiger partial charge in [0.25, 0.3) is 5.22 Å². The van der Waals surface area contributed by atoms with E-state index in [1.807, 2.05) is 31.2 Å². The van der Waals surface area contributed by atoms with E-state index in [0.29, 0.717) is 16.9 Å². The molecule has 92 valence electrons. The second kappa shape index (κ2) is 6.24. The van der Waals surface area contributed by atoms with Crippen LogP contribution >= 0.6 is 11.8 Å². The molecule has 1 N–H and O–H groups in total. The molecule has 1 aromatic heterocycles. The molecule has 18 heavy (non-hydrogen) atoms. The number of nitrogens with zero attached hydrogens (tertiary/aromatic N) is 2. The molecule has 0 spiro atoms. The smallest absolute Gasteiger partial charge is 0.277 e. The minimum atomic E-state index is -0.126. The zero-order valence-electron chi connectivity index (χ0n) is 9.88. The molecule has 0 aliphatic carbocycles. The summed E-state index contributed by atoms with van der Waals surface area (Å²) in [7, 11) is 0. The molecule has 2 aromatic rings. The van der Waals surface area contributed by atoms with Gasteiger partial charge in [-0.3, -0.25) is 0 Å². The van der Waals surface area contributed by atoms with Crippen LogP contribution in [0, 0.1) is 18.8 Å². The Balaban J connectivity index is 2.06. The minimum Gasteiger partial charge on any atom is -0.411 e. The standard InChI is InChI=1S/C13H12N2O2S/c1-10-5-4-6-11(9-10)12-14-15-13(17-12)18-8-3-2-7-16/h4-6,9,16H,7-8H2,1H3. The summed E-state index contributed by atoms with van der Waals surface area (Å²) in [6.45, 7) is 1.89. The Bertz CT molecular complexity index is 584. The van der Waals surface area contributed by atoms with Crippen LogP contribution in [-0.4, -0.2) is 27.7 Å². The molecule has 0 aliphatic rings. The monoisotopic (exact) mass is 260 g/mol. The van der Waals surface area contributed by atoms with Gasteiger partial charge in [-0.25, -0.2) is 0 Å². The van der Waals surface area contributed by atoms with Gasteiger partial charge in [0.15, 0.2) is 0 Å². The van der Waals surface area contributed by atoms with Crippen molar-refractivity contribution in [2.75, 3.05) is 12.4 Å². The third kappa shape index (κ3) is 3.36. The Morgan fingerprint density at radius 3 is 3.00 bits per heavy atom. The van der Waals surface area contributed by atoms with Crippen molar-refractivity contribution in [1.82, 2.24) is 10.2 Å². The normalized spacial score (nSPS) is 9.89. The number of aliphatic hydroxyl groups excluding tert-OH is 1. The molecule has 0 fully saturated rings. The van der Waals surface area contributed by atoms with Crippen LogP contribution in [0.5, 0.6) is 0 Å². The summed E-state index contributed by atoms with van der Waals surface area (Å²) in [6.07, 6.45) is 0. The summed E-state index contributed by atoms with van der Waals surface area (Å²) in [6, 6.07) is 7.89. The molecular weight excluding hydrogens is 248 g/mol.